The first-order valence-electron chi connectivity index (χ1n) is 7.08. The fourth-order valence-corrected chi connectivity index (χ4v) is 2.19. The van der Waals surface area contributed by atoms with E-state index in [-0.39, 0.29) is 18.4 Å². The molecule has 0 aromatic carbocycles. The Kier molecular flexibility index (Phi) is 6.76. The molecule has 0 aliphatic rings. The number of aromatic nitrogens is 2. The van der Waals surface area contributed by atoms with Gasteiger partial charge in [-0.2, -0.15) is 0 Å². The zero-order chi connectivity index (χ0) is 15.0. The minimum Gasteiger partial charge on any atom is -0.480 e. The monoisotopic (exact) mass is 281 g/mol. The van der Waals surface area contributed by atoms with Crippen LogP contribution in [-0.4, -0.2) is 32.6 Å². The number of hydrogen-bond acceptors (Lipinski definition) is 3. The van der Waals surface area contributed by atoms with Crippen molar-refractivity contribution in [2.75, 3.05) is 0 Å². The van der Waals surface area contributed by atoms with Crippen molar-refractivity contribution in [3.63, 3.8) is 0 Å². The zero-order valence-electron chi connectivity index (χ0n) is 12.1. The maximum Gasteiger partial charge on any atom is 0.326 e. The van der Waals surface area contributed by atoms with Gasteiger partial charge >= 0.3 is 5.97 Å². The van der Waals surface area contributed by atoms with E-state index in [4.69, 9.17) is 5.11 Å². The van der Waals surface area contributed by atoms with Gasteiger partial charge in [0.1, 0.15) is 6.04 Å². The topological polar surface area (TPSA) is 84.2 Å². The Hall–Kier alpha value is -1.85. The lowest BCUT2D eigenvalue weighted by Gasteiger charge is -2.19. The zero-order valence-corrected chi connectivity index (χ0v) is 12.1. The molecule has 1 rings (SSSR count). The number of rotatable bonds is 9. The Morgan fingerprint density at radius 2 is 2.00 bits per heavy atom. The number of hydrogen-bond donors (Lipinski definition) is 2. The largest absolute Gasteiger partial charge is 0.480 e. The maximum atomic E-state index is 12.0. The molecule has 0 spiro atoms. The Morgan fingerprint density at radius 1 is 1.30 bits per heavy atom. The van der Waals surface area contributed by atoms with Crippen LogP contribution >= 0.6 is 0 Å². The summed E-state index contributed by atoms with van der Waals surface area (Å²) in [7, 11) is 0. The van der Waals surface area contributed by atoms with E-state index >= 15 is 0 Å². The van der Waals surface area contributed by atoms with E-state index < -0.39 is 12.0 Å². The fourth-order valence-electron chi connectivity index (χ4n) is 2.19. The average Bonchev–Trinajstić information content (AvgIpc) is 2.91. The Balaban J connectivity index is 2.59. The number of nitrogens with zero attached hydrogens (tertiary/aromatic N) is 2. The number of carboxylic acid groups (broad SMARTS) is 1. The fraction of sp³-hybridized carbons (Fsp3) is 0.643. The lowest BCUT2D eigenvalue weighted by atomic mass is 10.1. The summed E-state index contributed by atoms with van der Waals surface area (Å²) in [6, 6.07) is -0.767. The highest BCUT2D eigenvalue weighted by Gasteiger charge is 2.21. The normalized spacial score (nSPS) is 13.7. The van der Waals surface area contributed by atoms with Gasteiger partial charge in [0.2, 0.25) is 5.91 Å². The van der Waals surface area contributed by atoms with E-state index in [2.05, 4.69) is 17.2 Å². The summed E-state index contributed by atoms with van der Waals surface area (Å²) >= 11 is 0. The molecule has 0 aliphatic carbocycles. The average molecular weight is 281 g/mol. The van der Waals surface area contributed by atoms with Crippen molar-refractivity contribution in [3.05, 3.63) is 18.7 Å². The molecule has 1 aromatic rings. The summed E-state index contributed by atoms with van der Waals surface area (Å²) in [4.78, 5) is 27.0. The van der Waals surface area contributed by atoms with Crippen LogP contribution in [0, 0.1) is 0 Å². The first-order chi connectivity index (χ1) is 9.58. The van der Waals surface area contributed by atoms with Crippen LogP contribution in [0.4, 0.5) is 0 Å². The molecule has 1 heterocycles. The third kappa shape index (κ3) is 5.03. The van der Waals surface area contributed by atoms with Crippen LogP contribution in [0.1, 0.15) is 52.0 Å². The maximum absolute atomic E-state index is 12.0. The summed E-state index contributed by atoms with van der Waals surface area (Å²) in [5.74, 6) is -1.20. The van der Waals surface area contributed by atoms with Crippen LogP contribution in [0.5, 0.6) is 0 Å². The first-order valence-corrected chi connectivity index (χ1v) is 7.08. The molecule has 0 aliphatic heterocycles. The number of carbonyl (C=O) groups excluding carboxylic acids is 1. The summed E-state index contributed by atoms with van der Waals surface area (Å²) in [6.07, 6.45) is 8.45. The molecule has 20 heavy (non-hydrogen) atoms. The molecule has 6 nitrogen and oxygen atoms in total. The van der Waals surface area contributed by atoms with Crippen molar-refractivity contribution in [2.24, 2.45) is 0 Å². The van der Waals surface area contributed by atoms with Crippen molar-refractivity contribution in [3.8, 4) is 0 Å². The molecule has 6 heteroatoms. The van der Waals surface area contributed by atoms with E-state index in [1.807, 2.05) is 17.7 Å². The van der Waals surface area contributed by atoms with Crippen LogP contribution in [-0.2, 0) is 9.59 Å². The summed E-state index contributed by atoms with van der Waals surface area (Å²) < 4.78 is 1.90. The second kappa shape index (κ2) is 8.35. The molecule has 1 aromatic heterocycles. The van der Waals surface area contributed by atoms with Gasteiger partial charge in [-0.25, -0.2) is 9.78 Å². The molecule has 2 N–H and O–H groups in total. The molecular weight excluding hydrogens is 258 g/mol. The van der Waals surface area contributed by atoms with Crippen molar-refractivity contribution >= 4 is 11.9 Å². The number of nitrogens with one attached hydrogen (secondary N) is 1. The molecule has 0 saturated carbocycles. The quantitative estimate of drug-likeness (QED) is 0.725. The van der Waals surface area contributed by atoms with Crippen LogP contribution in [0.25, 0.3) is 0 Å². The molecule has 2 atom stereocenters. The Morgan fingerprint density at radius 3 is 2.50 bits per heavy atom. The van der Waals surface area contributed by atoms with Crippen LogP contribution in [0.3, 0.4) is 0 Å². The summed E-state index contributed by atoms with van der Waals surface area (Å²) in [6.45, 7) is 3.95. The molecule has 0 radical (unpaired) electrons. The highest BCUT2D eigenvalue weighted by Crippen LogP contribution is 2.17. The highest BCUT2D eigenvalue weighted by atomic mass is 16.4. The van der Waals surface area contributed by atoms with Crippen molar-refractivity contribution in [2.45, 2.75) is 58.0 Å². The van der Waals surface area contributed by atoms with Crippen LogP contribution < -0.4 is 5.32 Å². The second-order valence-electron chi connectivity index (χ2n) is 4.90. The number of carboxylic acids is 1. The van der Waals surface area contributed by atoms with E-state index in [9.17, 15) is 9.59 Å². The summed E-state index contributed by atoms with van der Waals surface area (Å²) in [5, 5.41) is 11.6. The molecule has 112 valence electrons. The lowest BCUT2D eigenvalue weighted by molar-refractivity contribution is -0.142. The lowest BCUT2D eigenvalue weighted by Crippen LogP contribution is -2.41. The minimum absolute atomic E-state index is 0.0265. The molecule has 1 unspecified atom stereocenters. The smallest absolute Gasteiger partial charge is 0.326 e. The van der Waals surface area contributed by atoms with Gasteiger partial charge < -0.3 is 15.0 Å². The number of amides is 1. The van der Waals surface area contributed by atoms with Crippen molar-refractivity contribution in [1.82, 2.24) is 14.9 Å². The number of carbonyl (C=O) groups is 2. The molecule has 0 bridgehead atoms. The predicted molar refractivity (Wildman–Crippen MR) is 75.3 cm³/mol. The third-order valence-electron chi connectivity index (χ3n) is 3.20. The summed E-state index contributed by atoms with van der Waals surface area (Å²) in [5.41, 5.74) is 0. The van der Waals surface area contributed by atoms with Gasteiger partial charge in [0.05, 0.1) is 6.33 Å². The molecule has 0 fully saturated rings. The molecule has 0 saturated heterocycles. The van der Waals surface area contributed by atoms with E-state index in [0.717, 1.165) is 19.3 Å². The van der Waals surface area contributed by atoms with E-state index in [0.29, 0.717) is 6.42 Å². The highest BCUT2D eigenvalue weighted by molar-refractivity contribution is 5.83. The van der Waals surface area contributed by atoms with Gasteiger partial charge in [-0.05, 0) is 12.8 Å². The first kappa shape index (κ1) is 16.2. The van der Waals surface area contributed by atoms with Gasteiger partial charge in [-0.1, -0.05) is 26.7 Å². The van der Waals surface area contributed by atoms with Crippen molar-refractivity contribution in [1.29, 1.82) is 0 Å². The second-order valence-corrected chi connectivity index (χ2v) is 4.90. The number of aliphatic carboxylic acids is 1. The molecular formula is C14H23N3O3. The van der Waals surface area contributed by atoms with Gasteiger partial charge in [-0.15, -0.1) is 0 Å². The Bertz CT molecular complexity index is 417. The van der Waals surface area contributed by atoms with Crippen molar-refractivity contribution < 1.29 is 14.7 Å². The van der Waals surface area contributed by atoms with E-state index in [1.54, 1.807) is 12.5 Å². The standard InChI is InChI=1S/C14H23N3O3/c1-3-5-11(17-8-7-15-10-17)9-13(18)16-12(6-4-2)14(19)20/h7-8,10-12H,3-6,9H2,1-2H3,(H,16,18)(H,19,20)/t11?,12-/m1/s1. The number of imidazole rings is 1. The predicted octanol–water partition coefficient (Wildman–Crippen LogP) is 1.98. The van der Waals surface area contributed by atoms with Gasteiger partial charge in [0.15, 0.2) is 0 Å². The SMILES string of the molecule is CCCC(CC(=O)N[C@H](CCC)C(=O)O)n1ccnc1. The van der Waals surface area contributed by atoms with Crippen LogP contribution in [0.15, 0.2) is 18.7 Å². The molecule has 1 amide bonds. The minimum atomic E-state index is -0.977. The van der Waals surface area contributed by atoms with Gasteiger partial charge in [-0.3, -0.25) is 4.79 Å². The third-order valence-corrected chi connectivity index (χ3v) is 3.20. The Labute approximate surface area is 119 Å². The van der Waals surface area contributed by atoms with Crippen LogP contribution in [0.2, 0.25) is 0 Å². The van der Waals surface area contributed by atoms with E-state index in [1.165, 1.54) is 0 Å². The van der Waals surface area contributed by atoms with Gasteiger partial charge in [0.25, 0.3) is 0 Å². The van der Waals surface area contributed by atoms with Gasteiger partial charge in [0, 0.05) is 24.9 Å².